The highest BCUT2D eigenvalue weighted by molar-refractivity contribution is 6.10. The van der Waals surface area contributed by atoms with Crippen LogP contribution in [-0.2, 0) is 6.54 Å². The summed E-state index contributed by atoms with van der Waals surface area (Å²) in [5.41, 5.74) is 3.82. The van der Waals surface area contributed by atoms with Gasteiger partial charge < -0.3 is 14.7 Å². The molecule has 0 aliphatic heterocycles. The largest absolute Gasteiger partial charge is 0.442 e. The van der Waals surface area contributed by atoms with Gasteiger partial charge in [-0.3, -0.25) is 14.3 Å². The van der Waals surface area contributed by atoms with Gasteiger partial charge in [0, 0.05) is 29.2 Å². The summed E-state index contributed by atoms with van der Waals surface area (Å²) < 4.78 is 7.36. The second-order valence-electron chi connectivity index (χ2n) is 7.58. The average Bonchev–Trinajstić information content (AvgIpc) is 3.33. The number of nitrogens with one attached hydrogen (secondary N) is 2. The molecule has 1 aromatic carbocycles. The summed E-state index contributed by atoms with van der Waals surface area (Å²) in [6.07, 6.45) is 2.97. The summed E-state index contributed by atoms with van der Waals surface area (Å²) in [7, 11) is 0. The molecule has 0 aliphatic rings. The molecule has 0 saturated carbocycles. The third-order valence-electron chi connectivity index (χ3n) is 5.04. The fraction of sp³-hybridized carbons (Fsp3) is 0.273. The van der Waals surface area contributed by atoms with E-state index < -0.39 is 0 Å². The van der Waals surface area contributed by atoms with Gasteiger partial charge in [0.25, 0.3) is 11.5 Å². The van der Waals surface area contributed by atoms with Gasteiger partial charge >= 0.3 is 0 Å². The average molecular weight is 405 g/mol. The Morgan fingerprint density at radius 2 is 2.10 bits per heavy atom. The number of hydrogen-bond acceptors (Lipinski definition) is 5. The van der Waals surface area contributed by atoms with Gasteiger partial charge in [0.1, 0.15) is 5.69 Å². The second-order valence-corrected chi connectivity index (χ2v) is 7.58. The van der Waals surface area contributed by atoms with Crippen LogP contribution in [-0.4, -0.2) is 25.7 Å². The van der Waals surface area contributed by atoms with Crippen LogP contribution in [0.2, 0.25) is 0 Å². The third-order valence-corrected chi connectivity index (χ3v) is 5.04. The number of aromatic amines is 1. The number of nitrogens with zero attached hydrogens (tertiary/aromatic N) is 3. The van der Waals surface area contributed by atoms with Crippen LogP contribution in [0, 0.1) is 13.8 Å². The Bertz CT molecular complexity index is 1280. The van der Waals surface area contributed by atoms with Gasteiger partial charge in [0.2, 0.25) is 0 Å². The molecule has 2 N–H and O–H groups in total. The smallest absolute Gasteiger partial charge is 0.253 e. The number of hydrogen-bond donors (Lipinski definition) is 2. The van der Waals surface area contributed by atoms with Gasteiger partial charge in [0.05, 0.1) is 17.3 Å². The number of carbonyl (C=O) groups is 1. The fourth-order valence-electron chi connectivity index (χ4n) is 3.65. The summed E-state index contributed by atoms with van der Waals surface area (Å²) in [5.74, 6) is 0.251. The Hall–Kier alpha value is -3.68. The molecule has 0 aliphatic carbocycles. The van der Waals surface area contributed by atoms with E-state index in [-0.39, 0.29) is 24.1 Å². The first-order valence-corrected chi connectivity index (χ1v) is 9.74. The molecule has 0 spiro atoms. The first kappa shape index (κ1) is 19.6. The minimum Gasteiger partial charge on any atom is -0.442 e. The molecule has 1 amide bonds. The lowest BCUT2D eigenvalue weighted by atomic mass is 10.1. The Labute approximate surface area is 172 Å². The number of rotatable bonds is 5. The van der Waals surface area contributed by atoms with Crippen LogP contribution < -0.4 is 10.9 Å². The molecule has 0 atom stereocenters. The van der Waals surface area contributed by atoms with Crippen LogP contribution in [0.15, 0.2) is 46.1 Å². The number of amides is 1. The van der Waals surface area contributed by atoms with Gasteiger partial charge in [-0.05, 0) is 51.5 Å². The molecule has 3 aromatic heterocycles. The maximum atomic E-state index is 13.1. The number of aromatic nitrogens is 4. The van der Waals surface area contributed by atoms with Crippen LogP contribution in [0.25, 0.3) is 22.4 Å². The Kier molecular flexibility index (Phi) is 4.99. The fourth-order valence-corrected chi connectivity index (χ4v) is 3.65. The van der Waals surface area contributed by atoms with E-state index in [1.54, 1.807) is 18.3 Å². The molecule has 0 fully saturated rings. The quantitative estimate of drug-likeness (QED) is 0.529. The van der Waals surface area contributed by atoms with Crippen molar-refractivity contribution in [3.8, 4) is 11.5 Å². The highest BCUT2D eigenvalue weighted by atomic mass is 16.3. The van der Waals surface area contributed by atoms with E-state index in [9.17, 15) is 9.59 Å². The van der Waals surface area contributed by atoms with E-state index >= 15 is 0 Å². The van der Waals surface area contributed by atoms with Crippen molar-refractivity contribution < 1.29 is 9.21 Å². The molecule has 0 bridgehead atoms. The van der Waals surface area contributed by atoms with Crippen molar-refractivity contribution in [2.24, 2.45) is 0 Å². The van der Waals surface area contributed by atoms with E-state index in [0.717, 1.165) is 11.3 Å². The lowest BCUT2D eigenvalue weighted by Crippen LogP contribution is -2.28. The second kappa shape index (κ2) is 7.62. The standard InChI is InChI=1S/C22H23N5O3/c1-12(2)27-20(18-10-23-11-30-18)19-15(6-5-7-17(19)26-27)21(28)24-9-16-13(3)8-14(4)25-22(16)29/h5-8,10-12H,9H2,1-4H3,(H,24,28)(H,25,29). The van der Waals surface area contributed by atoms with Crippen molar-refractivity contribution in [2.75, 3.05) is 0 Å². The van der Waals surface area contributed by atoms with Crippen LogP contribution in [0.3, 0.4) is 0 Å². The Morgan fingerprint density at radius 3 is 2.77 bits per heavy atom. The molecule has 0 radical (unpaired) electrons. The topological polar surface area (TPSA) is 106 Å². The van der Waals surface area contributed by atoms with Gasteiger partial charge in [0.15, 0.2) is 12.2 Å². The molecule has 154 valence electrons. The third kappa shape index (κ3) is 3.41. The van der Waals surface area contributed by atoms with Gasteiger partial charge in [-0.25, -0.2) is 4.98 Å². The minimum atomic E-state index is -0.288. The molecule has 30 heavy (non-hydrogen) atoms. The van der Waals surface area contributed by atoms with Crippen LogP contribution in [0.5, 0.6) is 0 Å². The minimum absolute atomic E-state index is 0.0576. The predicted molar refractivity (Wildman–Crippen MR) is 113 cm³/mol. The number of pyridine rings is 1. The van der Waals surface area contributed by atoms with Crippen molar-refractivity contribution in [1.29, 1.82) is 0 Å². The molecule has 0 unspecified atom stereocenters. The zero-order valence-electron chi connectivity index (χ0n) is 17.3. The normalized spacial score (nSPS) is 11.4. The summed E-state index contributed by atoms with van der Waals surface area (Å²) in [4.78, 5) is 32.2. The van der Waals surface area contributed by atoms with E-state index in [1.165, 1.54) is 6.39 Å². The first-order chi connectivity index (χ1) is 14.4. The molecule has 8 heteroatoms. The number of H-pyrrole nitrogens is 1. The Balaban J connectivity index is 1.76. The zero-order chi connectivity index (χ0) is 21.4. The molecular weight excluding hydrogens is 382 g/mol. The first-order valence-electron chi connectivity index (χ1n) is 9.74. The van der Waals surface area contributed by atoms with Crippen molar-refractivity contribution in [3.63, 3.8) is 0 Å². The summed E-state index contributed by atoms with van der Waals surface area (Å²) in [6, 6.07) is 7.35. The number of benzene rings is 1. The molecule has 4 rings (SSSR count). The van der Waals surface area contributed by atoms with Crippen LogP contribution in [0.1, 0.15) is 47.1 Å². The van der Waals surface area contributed by atoms with Crippen molar-refractivity contribution in [2.45, 2.75) is 40.3 Å². The number of fused-ring (bicyclic) bond motifs is 1. The van der Waals surface area contributed by atoms with E-state index in [1.807, 2.05) is 44.5 Å². The Morgan fingerprint density at radius 1 is 1.30 bits per heavy atom. The van der Waals surface area contributed by atoms with Crippen LogP contribution >= 0.6 is 0 Å². The lowest BCUT2D eigenvalue weighted by molar-refractivity contribution is 0.0952. The molecule has 8 nitrogen and oxygen atoms in total. The van der Waals surface area contributed by atoms with Crippen molar-refractivity contribution in [3.05, 3.63) is 69.6 Å². The number of carbonyl (C=O) groups excluding carboxylic acids is 1. The van der Waals surface area contributed by atoms with Crippen molar-refractivity contribution >= 4 is 16.8 Å². The van der Waals surface area contributed by atoms with Crippen molar-refractivity contribution in [1.82, 2.24) is 25.1 Å². The summed E-state index contributed by atoms with van der Waals surface area (Å²) in [6.45, 7) is 7.84. The summed E-state index contributed by atoms with van der Waals surface area (Å²) >= 11 is 0. The number of oxazole rings is 1. The zero-order valence-corrected chi connectivity index (χ0v) is 17.3. The molecule has 3 heterocycles. The van der Waals surface area contributed by atoms with E-state index in [0.29, 0.717) is 33.5 Å². The highest BCUT2D eigenvalue weighted by Crippen LogP contribution is 2.33. The maximum absolute atomic E-state index is 13.1. The molecule has 4 aromatic rings. The molecular formula is C22H23N5O3. The van der Waals surface area contributed by atoms with Crippen LogP contribution in [0.4, 0.5) is 0 Å². The predicted octanol–water partition coefficient (Wildman–Crippen LogP) is 3.51. The lowest BCUT2D eigenvalue weighted by Gasteiger charge is -2.11. The maximum Gasteiger partial charge on any atom is 0.253 e. The molecule has 0 saturated heterocycles. The summed E-state index contributed by atoms with van der Waals surface area (Å²) in [5, 5.41) is 8.23. The van der Waals surface area contributed by atoms with Gasteiger partial charge in [-0.2, -0.15) is 5.10 Å². The van der Waals surface area contributed by atoms with E-state index in [4.69, 9.17) is 4.42 Å². The van der Waals surface area contributed by atoms with E-state index in [2.05, 4.69) is 20.4 Å². The van der Waals surface area contributed by atoms with Gasteiger partial charge in [-0.1, -0.05) is 6.07 Å². The monoisotopic (exact) mass is 405 g/mol. The van der Waals surface area contributed by atoms with Gasteiger partial charge in [-0.15, -0.1) is 0 Å². The highest BCUT2D eigenvalue weighted by Gasteiger charge is 2.23. The SMILES string of the molecule is Cc1cc(C)c(CNC(=O)c2cccc3nn(C(C)C)c(-c4cnco4)c23)c(=O)[nH]1. The number of aryl methyl sites for hydroxylation is 2.